The summed E-state index contributed by atoms with van der Waals surface area (Å²) in [4.78, 5) is 1.23. The van der Waals surface area contributed by atoms with Gasteiger partial charge in [0.1, 0.15) is 5.76 Å². The van der Waals surface area contributed by atoms with E-state index >= 15 is 0 Å². The molecule has 0 saturated heterocycles. The van der Waals surface area contributed by atoms with E-state index in [0.29, 0.717) is 0 Å². The first-order valence-electron chi connectivity index (χ1n) is 4.37. The summed E-state index contributed by atoms with van der Waals surface area (Å²) in [5.74, 6) is 0.883. The van der Waals surface area contributed by atoms with E-state index in [1.165, 1.54) is 4.90 Å². The third-order valence-corrected chi connectivity index (χ3v) is 2.54. The van der Waals surface area contributed by atoms with Gasteiger partial charge in [0.2, 0.25) is 0 Å². The SMILES string of the molecule is C(=C/c1ccco1)/Sc1ccccc1. The van der Waals surface area contributed by atoms with E-state index in [1.807, 2.05) is 41.8 Å². The predicted octanol–water partition coefficient (Wildman–Crippen LogP) is 4.04. The Kier molecular flexibility index (Phi) is 3.09. The lowest BCUT2D eigenvalue weighted by atomic mass is 10.4. The second-order valence-corrected chi connectivity index (χ2v) is 3.73. The van der Waals surface area contributed by atoms with Crippen LogP contribution >= 0.6 is 11.8 Å². The minimum absolute atomic E-state index is 0.883. The Morgan fingerprint density at radius 3 is 2.57 bits per heavy atom. The molecule has 70 valence electrons. The number of hydrogen-bond acceptors (Lipinski definition) is 2. The summed E-state index contributed by atoms with van der Waals surface area (Å²) in [5, 5.41) is 2.02. The highest BCUT2D eigenvalue weighted by atomic mass is 32.2. The molecule has 0 amide bonds. The quantitative estimate of drug-likeness (QED) is 0.697. The molecule has 2 aromatic rings. The Balaban J connectivity index is 1.95. The summed E-state index contributed by atoms with van der Waals surface area (Å²) < 4.78 is 5.17. The molecule has 0 fully saturated rings. The van der Waals surface area contributed by atoms with Crippen LogP contribution in [0.15, 0.2) is 63.4 Å². The van der Waals surface area contributed by atoms with Crippen LogP contribution in [-0.4, -0.2) is 0 Å². The van der Waals surface area contributed by atoms with E-state index in [1.54, 1.807) is 18.0 Å². The molecule has 1 aromatic carbocycles. The first-order chi connectivity index (χ1) is 6.95. The third-order valence-electron chi connectivity index (χ3n) is 1.72. The summed E-state index contributed by atoms with van der Waals surface area (Å²) in [5.41, 5.74) is 0. The van der Waals surface area contributed by atoms with E-state index < -0.39 is 0 Å². The number of rotatable bonds is 3. The molecule has 14 heavy (non-hydrogen) atoms. The Hall–Kier alpha value is -1.41. The molecule has 0 aliphatic heterocycles. The van der Waals surface area contributed by atoms with Gasteiger partial charge in [0, 0.05) is 4.90 Å². The van der Waals surface area contributed by atoms with Crippen molar-refractivity contribution >= 4 is 17.8 Å². The molecule has 0 bridgehead atoms. The maximum Gasteiger partial charge on any atom is 0.127 e. The van der Waals surface area contributed by atoms with Gasteiger partial charge >= 0.3 is 0 Å². The van der Waals surface area contributed by atoms with Crippen LogP contribution in [0.1, 0.15) is 5.76 Å². The van der Waals surface area contributed by atoms with Gasteiger partial charge in [-0.25, -0.2) is 0 Å². The largest absolute Gasteiger partial charge is 0.465 e. The zero-order chi connectivity index (χ0) is 9.64. The Bertz CT molecular complexity index is 390. The maximum absolute atomic E-state index is 5.17. The van der Waals surface area contributed by atoms with Crippen LogP contribution in [-0.2, 0) is 0 Å². The fraction of sp³-hybridized carbons (Fsp3) is 0. The maximum atomic E-state index is 5.17. The zero-order valence-corrected chi connectivity index (χ0v) is 8.41. The summed E-state index contributed by atoms with van der Waals surface area (Å²) >= 11 is 1.68. The zero-order valence-electron chi connectivity index (χ0n) is 7.59. The molecule has 0 unspecified atom stereocenters. The first-order valence-corrected chi connectivity index (χ1v) is 5.25. The third kappa shape index (κ3) is 2.54. The van der Waals surface area contributed by atoms with Crippen molar-refractivity contribution in [3.05, 3.63) is 59.9 Å². The second-order valence-electron chi connectivity index (χ2n) is 2.75. The number of benzene rings is 1. The van der Waals surface area contributed by atoms with Gasteiger partial charge < -0.3 is 4.42 Å². The average molecular weight is 202 g/mol. The van der Waals surface area contributed by atoms with Gasteiger partial charge in [0.15, 0.2) is 0 Å². The molecule has 0 aliphatic rings. The Morgan fingerprint density at radius 2 is 1.86 bits per heavy atom. The van der Waals surface area contributed by atoms with Crippen LogP contribution in [0, 0.1) is 0 Å². The number of thioether (sulfide) groups is 1. The van der Waals surface area contributed by atoms with Crippen molar-refractivity contribution in [1.29, 1.82) is 0 Å². The molecule has 0 N–H and O–H groups in total. The molecular weight excluding hydrogens is 192 g/mol. The van der Waals surface area contributed by atoms with E-state index in [0.717, 1.165) is 5.76 Å². The monoisotopic (exact) mass is 202 g/mol. The number of furan rings is 1. The van der Waals surface area contributed by atoms with Crippen molar-refractivity contribution < 1.29 is 4.42 Å². The van der Waals surface area contributed by atoms with E-state index in [-0.39, 0.29) is 0 Å². The summed E-state index contributed by atoms with van der Waals surface area (Å²) in [6.45, 7) is 0. The minimum Gasteiger partial charge on any atom is -0.465 e. The smallest absolute Gasteiger partial charge is 0.127 e. The van der Waals surface area contributed by atoms with Crippen LogP contribution in [0.5, 0.6) is 0 Å². The highest BCUT2D eigenvalue weighted by Gasteiger charge is 1.88. The average Bonchev–Trinajstić information content (AvgIpc) is 2.72. The van der Waals surface area contributed by atoms with E-state index in [9.17, 15) is 0 Å². The molecule has 0 saturated carbocycles. The molecule has 2 heteroatoms. The molecule has 1 aromatic heterocycles. The van der Waals surface area contributed by atoms with Gasteiger partial charge in [-0.3, -0.25) is 0 Å². The molecule has 2 rings (SSSR count). The molecular formula is C12H10OS. The molecule has 0 spiro atoms. The van der Waals surface area contributed by atoms with E-state index in [2.05, 4.69) is 12.1 Å². The normalized spacial score (nSPS) is 10.9. The van der Waals surface area contributed by atoms with Gasteiger partial charge in [-0.2, -0.15) is 0 Å². The lowest BCUT2D eigenvalue weighted by molar-refractivity contribution is 0.557. The van der Waals surface area contributed by atoms with Crippen molar-refractivity contribution in [3.63, 3.8) is 0 Å². The first kappa shape index (κ1) is 9.16. The fourth-order valence-electron chi connectivity index (χ4n) is 1.06. The summed E-state index contributed by atoms with van der Waals surface area (Å²) in [6, 6.07) is 14.1. The molecule has 0 radical (unpaired) electrons. The van der Waals surface area contributed by atoms with Crippen molar-refractivity contribution in [3.8, 4) is 0 Å². The van der Waals surface area contributed by atoms with Gasteiger partial charge in [0.05, 0.1) is 6.26 Å². The van der Waals surface area contributed by atoms with Crippen molar-refractivity contribution in [2.75, 3.05) is 0 Å². The van der Waals surface area contributed by atoms with Crippen LogP contribution < -0.4 is 0 Å². The van der Waals surface area contributed by atoms with Gasteiger partial charge in [-0.05, 0) is 35.7 Å². The van der Waals surface area contributed by atoms with Crippen molar-refractivity contribution in [1.82, 2.24) is 0 Å². The van der Waals surface area contributed by atoms with E-state index in [4.69, 9.17) is 4.42 Å². The van der Waals surface area contributed by atoms with Gasteiger partial charge in [-0.15, -0.1) is 0 Å². The van der Waals surface area contributed by atoms with Crippen LogP contribution in [0.2, 0.25) is 0 Å². The highest BCUT2D eigenvalue weighted by Crippen LogP contribution is 2.19. The Labute approximate surface area is 87.4 Å². The second kappa shape index (κ2) is 4.72. The number of hydrogen-bond donors (Lipinski definition) is 0. The minimum atomic E-state index is 0.883. The standard InChI is InChI=1S/C12H10OS/c1-2-6-12(7-3-1)14-10-8-11-5-4-9-13-11/h1-10H/b10-8-. The molecule has 0 aliphatic carbocycles. The Morgan fingerprint density at radius 1 is 1.00 bits per heavy atom. The lowest BCUT2D eigenvalue weighted by Crippen LogP contribution is -1.64. The lowest BCUT2D eigenvalue weighted by Gasteiger charge is -1.92. The van der Waals surface area contributed by atoms with Crippen molar-refractivity contribution in [2.24, 2.45) is 0 Å². The predicted molar refractivity (Wildman–Crippen MR) is 60.0 cm³/mol. The van der Waals surface area contributed by atoms with Gasteiger partial charge in [-0.1, -0.05) is 30.0 Å². The molecule has 1 nitrogen and oxygen atoms in total. The highest BCUT2D eigenvalue weighted by molar-refractivity contribution is 8.02. The van der Waals surface area contributed by atoms with Crippen molar-refractivity contribution in [2.45, 2.75) is 4.90 Å². The topological polar surface area (TPSA) is 13.1 Å². The van der Waals surface area contributed by atoms with Gasteiger partial charge in [0.25, 0.3) is 0 Å². The van der Waals surface area contributed by atoms with Crippen LogP contribution in [0.3, 0.4) is 0 Å². The van der Waals surface area contributed by atoms with Crippen LogP contribution in [0.4, 0.5) is 0 Å². The fourth-order valence-corrected chi connectivity index (χ4v) is 1.74. The summed E-state index contributed by atoms with van der Waals surface area (Å²) in [7, 11) is 0. The van der Waals surface area contributed by atoms with Crippen LogP contribution in [0.25, 0.3) is 6.08 Å². The summed E-state index contributed by atoms with van der Waals surface area (Å²) in [6.07, 6.45) is 3.63. The molecule has 0 atom stereocenters. The molecule has 1 heterocycles.